The number of furan rings is 1. The van der Waals surface area contributed by atoms with Crippen LogP contribution >= 0.6 is 0 Å². The van der Waals surface area contributed by atoms with Crippen molar-refractivity contribution in [3.63, 3.8) is 0 Å². The summed E-state index contributed by atoms with van der Waals surface area (Å²) in [6.45, 7) is 4.00. The number of nitrogens with zero attached hydrogens (tertiary/aromatic N) is 1. The summed E-state index contributed by atoms with van der Waals surface area (Å²) in [5, 5.41) is 7.11. The van der Waals surface area contributed by atoms with E-state index in [1.807, 2.05) is 37.3 Å². The first kappa shape index (κ1) is 16.6. The Kier molecular flexibility index (Phi) is 4.58. The van der Waals surface area contributed by atoms with Crippen molar-refractivity contribution in [1.82, 2.24) is 15.6 Å². The summed E-state index contributed by atoms with van der Waals surface area (Å²) in [6.07, 6.45) is 4.42. The molecular weight excluding hydrogens is 330 g/mol. The molecule has 1 aromatic carbocycles. The highest BCUT2D eigenvalue weighted by Gasteiger charge is 2.23. The Labute approximate surface area is 151 Å². The highest BCUT2D eigenvalue weighted by molar-refractivity contribution is 6.07. The van der Waals surface area contributed by atoms with Crippen LogP contribution in [0.2, 0.25) is 0 Å². The summed E-state index contributed by atoms with van der Waals surface area (Å²) in [5.41, 5.74) is 2.31. The number of aryl methyl sites for hydroxylation is 1. The SMILES string of the molecule is Cc1oc2ccc(OCc3ccncc3)cc2c1C(=O)NC1CCNC1. The second kappa shape index (κ2) is 7.17. The normalized spacial score (nSPS) is 16.7. The molecule has 0 saturated carbocycles. The zero-order valence-corrected chi connectivity index (χ0v) is 14.6. The van der Waals surface area contributed by atoms with Crippen LogP contribution in [-0.2, 0) is 6.61 Å². The van der Waals surface area contributed by atoms with E-state index in [-0.39, 0.29) is 11.9 Å². The van der Waals surface area contributed by atoms with Crippen molar-refractivity contribution in [3.05, 3.63) is 59.6 Å². The zero-order valence-electron chi connectivity index (χ0n) is 14.6. The largest absolute Gasteiger partial charge is 0.489 e. The lowest BCUT2D eigenvalue weighted by Crippen LogP contribution is -2.36. The molecule has 4 rings (SSSR count). The number of nitrogens with one attached hydrogen (secondary N) is 2. The molecule has 0 bridgehead atoms. The van der Waals surface area contributed by atoms with Crippen molar-refractivity contribution >= 4 is 16.9 Å². The topological polar surface area (TPSA) is 76.4 Å². The molecule has 2 aromatic heterocycles. The molecule has 1 saturated heterocycles. The van der Waals surface area contributed by atoms with Gasteiger partial charge in [-0.15, -0.1) is 0 Å². The maximum atomic E-state index is 12.7. The molecule has 1 aliphatic rings. The summed E-state index contributed by atoms with van der Waals surface area (Å²) < 4.78 is 11.6. The fraction of sp³-hybridized carbons (Fsp3) is 0.300. The summed E-state index contributed by atoms with van der Waals surface area (Å²) in [5.74, 6) is 1.22. The first-order valence-electron chi connectivity index (χ1n) is 8.77. The van der Waals surface area contributed by atoms with Gasteiger partial charge in [-0.2, -0.15) is 0 Å². The van der Waals surface area contributed by atoms with Crippen LogP contribution in [0, 0.1) is 6.92 Å². The van der Waals surface area contributed by atoms with Crippen LogP contribution in [0.5, 0.6) is 5.75 Å². The fourth-order valence-electron chi connectivity index (χ4n) is 3.25. The molecule has 3 heterocycles. The Morgan fingerprint density at radius 2 is 2.19 bits per heavy atom. The average molecular weight is 351 g/mol. The van der Waals surface area contributed by atoms with E-state index >= 15 is 0 Å². The molecule has 134 valence electrons. The summed E-state index contributed by atoms with van der Waals surface area (Å²) in [7, 11) is 0. The minimum atomic E-state index is -0.0961. The number of fused-ring (bicyclic) bond motifs is 1. The summed E-state index contributed by atoms with van der Waals surface area (Å²) >= 11 is 0. The van der Waals surface area contributed by atoms with Gasteiger partial charge in [-0.25, -0.2) is 0 Å². The van der Waals surface area contributed by atoms with Crippen molar-refractivity contribution in [2.75, 3.05) is 13.1 Å². The van der Waals surface area contributed by atoms with Gasteiger partial charge in [0.2, 0.25) is 0 Å². The van der Waals surface area contributed by atoms with Gasteiger partial charge in [-0.3, -0.25) is 9.78 Å². The molecule has 26 heavy (non-hydrogen) atoms. The molecule has 2 N–H and O–H groups in total. The van der Waals surface area contributed by atoms with Crippen LogP contribution in [-0.4, -0.2) is 30.0 Å². The number of amides is 1. The van der Waals surface area contributed by atoms with Crippen LogP contribution in [0.4, 0.5) is 0 Å². The molecule has 3 aromatic rings. The van der Waals surface area contributed by atoms with Gasteiger partial charge in [-0.05, 0) is 55.8 Å². The molecule has 6 nitrogen and oxygen atoms in total. The highest BCUT2D eigenvalue weighted by Crippen LogP contribution is 2.29. The molecule has 1 fully saturated rings. The molecule has 1 atom stereocenters. The van der Waals surface area contributed by atoms with E-state index in [4.69, 9.17) is 9.15 Å². The Hall–Kier alpha value is -2.86. The second-order valence-electron chi connectivity index (χ2n) is 6.50. The molecule has 1 amide bonds. The maximum absolute atomic E-state index is 12.7. The van der Waals surface area contributed by atoms with Crippen LogP contribution in [0.15, 0.2) is 47.1 Å². The van der Waals surface area contributed by atoms with Gasteiger partial charge in [0, 0.05) is 30.4 Å². The molecule has 0 radical (unpaired) electrons. The Morgan fingerprint density at radius 1 is 1.35 bits per heavy atom. The molecule has 6 heteroatoms. The molecule has 0 aliphatic carbocycles. The van der Waals surface area contributed by atoms with Crippen LogP contribution in [0.1, 0.15) is 28.1 Å². The molecule has 1 aliphatic heterocycles. The molecular formula is C20H21N3O3. The number of carbonyl (C=O) groups is 1. The van der Waals surface area contributed by atoms with E-state index in [1.54, 1.807) is 12.4 Å². The van der Waals surface area contributed by atoms with Gasteiger partial charge >= 0.3 is 0 Å². The maximum Gasteiger partial charge on any atom is 0.255 e. The third-order valence-electron chi connectivity index (χ3n) is 4.61. The van der Waals surface area contributed by atoms with Gasteiger partial charge in [0.15, 0.2) is 0 Å². The Balaban J connectivity index is 1.57. The first-order valence-corrected chi connectivity index (χ1v) is 8.77. The Morgan fingerprint density at radius 3 is 2.96 bits per heavy atom. The van der Waals surface area contributed by atoms with Gasteiger partial charge in [0.1, 0.15) is 23.7 Å². The highest BCUT2D eigenvalue weighted by atomic mass is 16.5. The van der Waals surface area contributed by atoms with Crippen molar-refractivity contribution in [2.45, 2.75) is 26.0 Å². The number of ether oxygens (including phenoxy) is 1. The van der Waals surface area contributed by atoms with Gasteiger partial charge in [0.05, 0.1) is 5.56 Å². The van der Waals surface area contributed by atoms with Crippen molar-refractivity contribution < 1.29 is 13.9 Å². The predicted octanol–water partition coefficient (Wildman–Crippen LogP) is 2.81. The van der Waals surface area contributed by atoms with E-state index in [2.05, 4.69) is 15.6 Å². The number of hydrogen-bond acceptors (Lipinski definition) is 5. The monoisotopic (exact) mass is 351 g/mol. The summed E-state index contributed by atoms with van der Waals surface area (Å²) in [6, 6.07) is 9.56. The Bertz CT molecular complexity index is 915. The smallest absolute Gasteiger partial charge is 0.255 e. The zero-order chi connectivity index (χ0) is 17.9. The number of aromatic nitrogens is 1. The lowest BCUT2D eigenvalue weighted by Gasteiger charge is -2.11. The van der Waals surface area contributed by atoms with Gasteiger partial charge in [-0.1, -0.05) is 0 Å². The van der Waals surface area contributed by atoms with Crippen LogP contribution in [0.25, 0.3) is 11.0 Å². The van der Waals surface area contributed by atoms with Crippen molar-refractivity contribution in [3.8, 4) is 5.75 Å². The average Bonchev–Trinajstić information content (AvgIpc) is 3.27. The summed E-state index contributed by atoms with van der Waals surface area (Å²) in [4.78, 5) is 16.7. The predicted molar refractivity (Wildman–Crippen MR) is 98.3 cm³/mol. The van der Waals surface area contributed by atoms with Crippen molar-refractivity contribution in [1.29, 1.82) is 0 Å². The fourth-order valence-corrected chi connectivity index (χ4v) is 3.25. The minimum Gasteiger partial charge on any atom is -0.489 e. The van der Waals surface area contributed by atoms with E-state index < -0.39 is 0 Å². The third-order valence-corrected chi connectivity index (χ3v) is 4.61. The van der Waals surface area contributed by atoms with Crippen molar-refractivity contribution in [2.24, 2.45) is 0 Å². The lowest BCUT2D eigenvalue weighted by atomic mass is 10.1. The number of pyridine rings is 1. The first-order chi connectivity index (χ1) is 12.7. The lowest BCUT2D eigenvalue weighted by molar-refractivity contribution is 0.0940. The quantitative estimate of drug-likeness (QED) is 0.739. The third kappa shape index (κ3) is 3.41. The van der Waals surface area contributed by atoms with Gasteiger partial charge < -0.3 is 19.8 Å². The van der Waals surface area contributed by atoms with Crippen LogP contribution < -0.4 is 15.4 Å². The molecule has 1 unspecified atom stereocenters. The van der Waals surface area contributed by atoms with Crippen LogP contribution in [0.3, 0.4) is 0 Å². The van der Waals surface area contributed by atoms with E-state index in [1.165, 1.54) is 0 Å². The van der Waals surface area contributed by atoms with E-state index in [0.717, 1.165) is 30.5 Å². The number of rotatable bonds is 5. The number of carbonyl (C=O) groups excluding carboxylic acids is 1. The standard InChI is InChI=1S/C20H21N3O3/c1-13-19(20(24)23-15-6-9-22-11-15)17-10-16(2-3-18(17)26-13)25-12-14-4-7-21-8-5-14/h2-5,7-8,10,15,22H,6,9,11-12H2,1H3,(H,23,24). The van der Waals surface area contributed by atoms with E-state index in [0.29, 0.717) is 29.3 Å². The van der Waals surface area contributed by atoms with E-state index in [9.17, 15) is 4.79 Å². The second-order valence-corrected chi connectivity index (χ2v) is 6.50. The number of benzene rings is 1. The minimum absolute atomic E-state index is 0.0961. The molecule has 0 spiro atoms. The van der Waals surface area contributed by atoms with Gasteiger partial charge in [0.25, 0.3) is 5.91 Å². The number of hydrogen-bond donors (Lipinski definition) is 2.